The van der Waals surface area contributed by atoms with Crippen LogP contribution in [0.25, 0.3) is 0 Å². The Morgan fingerprint density at radius 1 is 1.19 bits per heavy atom. The second-order valence-electron chi connectivity index (χ2n) is 6.53. The number of nitrogens with one attached hydrogen (secondary N) is 1. The molecule has 1 aliphatic heterocycles. The van der Waals surface area contributed by atoms with Crippen molar-refractivity contribution in [3.8, 4) is 0 Å². The maximum absolute atomic E-state index is 5.43. The van der Waals surface area contributed by atoms with Crippen molar-refractivity contribution in [3.05, 3.63) is 29.6 Å². The molecule has 4 nitrogen and oxygen atoms in total. The van der Waals surface area contributed by atoms with Gasteiger partial charge in [0.05, 0.1) is 11.4 Å². The van der Waals surface area contributed by atoms with Crippen molar-refractivity contribution in [2.75, 3.05) is 26.8 Å². The lowest BCUT2D eigenvalue weighted by Gasteiger charge is -2.27. The summed E-state index contributed by atoms with van der Waals surface area (Å²) in [7, 11) is 2.20. The fraction of sp³-hybridized carbons (Fsp3) is 0.706. The molecule has 4 heteroatoms. The summed E-state index contributed by atoms with van der Waals surface area (Å²) in [5.41, 5.74) is 2.35. The van der Waals surface area contributed by atoms with E-state index in [2.05, 4.69) is 35.5 Å². The molecule has 0 spiro atoms. The van der Waals surface area contributed by atoms with Crippen molar-refractivity contribution < 1.29 is 4.74 Å². The van der Waals surface area contributed by atoms with Gasteiger partial charge in [0, 0.05) is 38.9 Å². The second-order valence-corrected chi connectivity index (χ2v) is 6.53. The molecule has 0 bridgehead atoms. The summed E-state index contributed by atoms with van der Waals surface area (Å²) in [6, 6.07) is 7.14. The summed E-state index contributed by atoms with van der Waals surface area (Å²) >= 11 is 0. The van der Waals surface area contributed by atoms with Crippen LogP contribution in [0.3, 0.4) is 0 Å². The van der Waals surface area contributed by atoms with E-state index in [1.165, 1.54) is 37.1 Å². The Morgan fingerprint density at radius 3 is 2.71 bits per heavy atom. The minimum absolute atomic E-state index is 0.742. The van der Waals surface area contributed by atoms with Crippen LogP contribution in [0.1, 0.15) is 37.1 Å². The molecule has 0 amide bonds. The highest BCUT2D eigenvalue weighted by atomic mass is 16.5. The van der Waals surface area contributed by atoms with E-state index >= 15 is 0 Å². The standard InChI is InChI=1S/C17H27N3O/c1-20(12-14-7-9-21-10-8-14)13-17-4-2-3-16(19-17)11-18-15-5-6-15/h2-4,14-15,18H,5-13H2,1H3. The highest BCUT2D eigenvalue weighted by Gasteiger charge is 2.20. The molecule has 0 aromatic carbocycles. The van der Waals surface area contributed by atoms with Gasteiger partial charge < -0.3 is 15.0 Å². The first-order valence-electron chi connectivity index (χ1n) is 8.24. The Bertz CT molecular complexity index is 441. The van der Waals surface area contributed by atoms with Gasteiger partial charge in [-0.2, -0.15) is 0 Å². The third kappa shape index (κ3) is 5.06. The van der Waals surface area contributed by atoms with Crippen LogP contribution in [-0.2, 0) is 17.8 Å². The summed E-state index contributed by atoms with van der Waals surface area (Å²) in [6.07, 6.45) is 5.05. The minimum atomic E-state index is 0.742. The van der Waals surface area contributed by atoms with E-state index in [-0.39, 0.29) is 0 Å². The van der Waals surface area contributed by atoms with Crippen LogP contribution in [0, 0.1) is 5.92 Å². The molecule has 1 N–H and O–H groups in total. The van der Waals surface area contributed by atoms with Gasteiger partial charge in [-0.1, -0.05) is 6.07 Å². The lowest BCUT2D eigenvalue weighted by Crippen LogP contribution is -2.29. The summed E-state index contributed by atoms with van der Waals surface area (Å²) in [5.74, 6) is 0.781. The maximum Gasteiger partial charge on any atom is 0.0547 e. The average Bonchev–Trinajstić information content (AvgIpc) is 3.31. The van der Waals surface area contributed by atoms with E-state index in [9.17, 15) is 0 Å². The first kappa shape index (κ1) is 14.9. The number of nitrogens with zero attached hydrogens (tertiary/aromatic N) is 2. The monoisotopic (exact) mass is 289 g/mol. The number of hydrogen-bond donors (Lipinski definition) is 1. The molecule has 0 radical (unpaired) electrons. The zero-order valence-electron chi connectivity index (χ0n) is 13.1. The van der Waals surface area contributed by atoms with Gasteiger partial charge in [-0.05, 0) is 50.8 Å². The first-order chi connectivity index (χ1) is 10.3. The van der Waals surface area contributed by atoms with Crippen molar-refractivity contribution in [3.63, 3.8) is 0 Å². The van der Waals surface area contributed by atoms with Gasteiger partial charge >= 0.3 is 0 Å². The van der Waals surface area contributed by atoms with Gasteiger partial charge in [0.15, 0.2) is 0 Å². The molecule has 2 heterocycles. The van der Waals surface area contributed by atoms with Crippen molar-refractivity contribution >= 4 is 0 Å². The molecule has 1 aliphatic carbocycles. The summed E-state index contributed by atoms with van der Waals surface area (Å²) in [6.45, 7) is 4.85. The van der Waals surface area contributed by atoms with Gasteiger partial charge in [0.1, 0.15) is 0 Å². The number of aromatic nitrogens is 1. The van der Waals surface area contributed by atoms with Gasteiger partial charge in [-0.3, -0.25) is 4.98 Å². The normalized spacial score (nSPS) is 20.1. The number of pyridine rings is 1. The first-order valence-corrected chi connectivity index (χ1v) is 8.24. The van der Waals surface area contributed by atoms with E-state index in [1.807, 2.05) is 0 Å². The Hall–Kier alpha value is -0.970. The Balaban J connectivity index is 1.47. The molecule has 1 aromatic rings. The van der Waals surface area contributed by atoms with Gasteiger partial charge in [0.25, 0.3) is 0 Å². The molecule has 116 valence electrons. The number of rotatable bonds is 7. The average molecular weight is 289 g/mol. The molecule has 1 saturated heterocycles. The lowest BCUT2D eigenvalue weighted by molar-refractivity contribution is 0.0548. The van der Waals surface area contributed by atoms with Crippen LogP contribution in [0.2, 0.25) is 0 Å². The molecule has 0 unspecified atom stereocenters. The molecule has 0 atom stereocenters. The maximum atomic E-state index is 5.43. The molecule has 3 rings (SSSR count). The molecule has 1 saturated carbocycles. The smallest absolute Gasteiger partial charge is 0.0547 e. The lowest BCUT2D eigenvalue weighted by atomic mass is 10.00. The number of ether oxygens (including phenoxy) is 1. The van der Waals surface area contributed by atoms with Crippen LogP contribution >= 0.6 is 0 Å². The van der Waals surface area contributed by atoms with Crippen LogP contribution in [-0.4, -0.2) is 42.7 Å². The van der Waals surface area contributed by atoms with Crippen molar-refractivity contribution in [2.24, 2.45) is 5.92 Å². The highest BCUT2D eigenvalue weighted by Crippen LogP contribution is 2.19. The second kappa shape index (κ2) is 7.34. The zero-order chi connectivity index (χ0) is 14.5. The van der Waals surface area contributed by atoms with Crippen molar-refractivity contribution in [1.29, 1.82) is 0 Å². The Morgan fingerprint density at radius 2 is 1.95 bits per heavy atom. The topological polar surface area (TPSA) is 37.4 Å². The summed E-state index contributed by atoms with van der Waals surface area (Å²) < 4.78 is 5.43. The number of hydrogen-bond acceptors (Lipinski definition) is 4. The highest BCUT2D eigenvalue weighted by molar-refractivity contribution is 5.11. The van der Waals surface area contributed by atoms with Gasteiger partial charge in [0.2, 0.25) is 0 Å². The van der Waals surface area contributed by atoms with Crippen LogP contribution in [0.5, 0.6) is 0 Å². The molecular weight excluding hydrogens is 262 g/mol. The summed E-state index contributed by atoms with van der Waals surface area (Å²) in [5, 5.41) is 3.53. The largest absolute Gasteiger partial charge is 0.381 e. The minimum Gasteiger partial charge on any atom is -0.381 e. The van der Waals surface area contributed by atoms with Crippen molar-refractivity contribution in [1.82, 2.24) is 15.2 Å². The van der Waals surface area contributed by atoms with Crippen LogP contribution in [0.15, 0.2) is 18.2 Å². The van der Waals surface area contributed by atoms with E-state index in [0.29, 0.717) is 0 Å². The predicted molar refractivity (Wildman–Crippen MR) is 84.0 cm³/mol. The molecule has 2 aliphatic rings. The quantitative estimate of drug-likeness (QED) is 0.835. The van der Waals surface area contributed by atoms with E-state index in [4.69, 9.17) is 9.72 Å². The van der Waals surface area contributed by atoms with Crippen LogP contribution < -0.4 is 5.32 Å². The van der Waals surface area contributed by atoms with E-state index < -0.39 is 0 Å². The third-order valence-corrected chi connectivity index (χ3v) is 4.36. The van der Waals surface area contributed by atoms with E-state index in [0.717, 1.165) is 44.8 Å². The molecule has 21 heavy (non-hydrogen) atoms. The molecule has 2 fully saturated rings. The van der Waals surface area contributed by atoms with E-state index in [1.54, 1.807) is 0 Å². The fourth-order valence-electron chi connectivity index (χ4n) is 2.96. The SMILES string of the molecule is CN(Cc1cccc(CNC2CC2)n1)CC1CCOCC1. The van der Waals surface area contributed by atoms with Gasteiger partial charge in [-0.25, -0.2) is 0 Å². The third-order valence-electron chi connectivity index (χ3n) is 4.36. The molecular formula is C17H27N3O. The summed E-state index contributed by atoms with van der Waals surface area (Å²) in [4.78, 5) is 7.18. The zero-order valence-corrected chi connectivity index (χ0v) is 13.1. The fourth-order valence-corrected chi connectivity index (χ4v) is 2.96. The predicted octanol–water partition coefficient (Wildman–Crippen LogP) is 2.19. The molecule has 1 aromatic heterocycles. The van der Waals surface area contributed by atoms with Gasteiger partial charge in [-0.15, -0.1) is 0 Å². The van der Waals surface area contributed by atoms with Crippen molar-refractivity contribution in [2.45, 2.75) is 44.8 Å². The Kier molecular flexibility index (Phi) is 5.22. The van der Waals surface area contributed by atoms with Crippen LogP contribution in [0.4, 0.5) is 0 Å². The Labute approximate surface area is 127 Å².